The second-order valence-electron chi connectivity index (χ2n) is 4.57. The maximum Gasteiger partial charge on any atom is 0.170 e. The number of benzene rings is 1. The fourth-order valence-corrected chi connectivity index (χ4v) is 2.31. The molecule has 19 heavy (non-hydrogen) atoms. The zero-order chi connectivity index (χ0) is 13.8. The Labute approximate surface area is 111 Å². The highest BCUT2D eigenvalue weighted by Gasteiger charge is 2.21. The monoisotopic (exact) mass is 267 g/mol. The maximum absolute atomic E-state index is 14.0. The Morgan fingerprint density at radius 1 is 1.47 bits per heavy atom. The first-order valence-corrected chi connectivity index (χ1v) is 6.21. The van der Waals surface area contributed by atoms with E-state index >= 15 is 0 Å². The van der Waals surface area contributed by atoms with Gasteiger partial charge in [0.2, 0.25) is 0 Å². The first kappa shape index (κ1) is 13.6. The third-order valence-electron chi connectivity index (χ3n) is 3.47. The van der Waals surface area contributed by atoms with Crippen LogP contribution in [0.2, 0.25) is 0 Å². The Morgan fingerprint density at radius 2 is 2.16 bits per heavy atom. The van der Waals surface area contributed by atoms with Crippen LogP contribution in [-0.4, -0.2) is 37.3 Å². The van der Waals surface area contributed by atoms with E-state index in [4.69, 9.17) is 15.7 Å². The van der Waals surface area contributed by atoms with Crippen molar-refractivity contribution in [1.82, 2.24) is 0 Å². The number of hydrogen-bond donors (Lipinski definition) is 2. The van der Waals surface area contributed by atoms with E-state index in [1.54, 1.807) is 19.2 Å². The molecule has 1 aliphatic heterocycles. The normalized spacial score (nSPS) is 17.8. The summed E-state index contributed by atoms with van der Waals surface area (Å²) in [6.45, 7) is 1.52. The van der Waals surface area contributed by atoms with Gasteiger partial charge in [-0.2, -0.15) is 0 Å². The van der Waals surface area contributed by atoms with E-state index in [0.717, 1.165) is 25.9 Å². The summed E-state index contributed by atoms with van der Waals surface area (Å²) in [7, 11) is 1.70. The summed E-state index contributed by atoms with van der Waals surface area (Å²) in [6.07, 6.45) is 2.03. The van der Waals surface area contributed by atoms with Crippen molar-refractivity contribution in [2.24, 2.45) is 10.9 Å². The van der Waals surface area contributed by atoms with Crippen molar-refractivity contribution in [3.8, 4) is 0 Å². The van der Waals surface area contributed by atoms with Gasteiger partial charge < -0.3 is 20.6 Å². The maximum atomic E-state index is 14.0. The van der Waals surface area contributed by atoms with E-state index in [9.17, 15) is 4.39 Å². The van der Waals surface area contributed by atoms with Crippen LogP contribution < -0.4 is 10.6 Å². The number of oxime groups is 1. The Balaban J connectivity index is 2.14. The van der Waals surface area contributed by atoms with E-state index in [1.165, 1.54) is 6.07 Å². The number of ether oxygens (including phenoxy) is 1. The van der Waals surface area contributed by atoms with Crippen LogP contribution in [0.1, 0.15) is 18.4 Å². The number of rotatable bonds is 3. The van der Waals surface area contributed by atoms with E-state index in [1.807, 2.05) is 4.90 Å². The van der Waals surface area contributed by atoms with E-state index in [2.05, 4.69) is 5.16 Å². The van der Waals surface area contributed by atoms with Crippen LogP contribution in [-0.2, 0) is 4.74 Å². The van der Waals surface area contributed by atoms with Crippen molar-refractivity contribution >= 4 is 11.5 Å². The van der Waals surface area contributed by atoms with Crippen molar-refractivity contribution in [3.63, 3.8) is 0 Å². The highest BCUT2D eigenvalue weighted by molar-refractivity contribution is 5.97. The molecule has 2 rings (SSSR count). The van der Waals surface area contributed by atoms with Crippen molar-refractivity contribution in [1.29, 1.82) is 0 Å². The first-order valence-electron chi connectivity index (χ1n) is 6.21. The predicted molar refractivity (Wildman–Crippen MR) is 71.2 cm³/mol. The number of methoxy groups -OCH3 is 1. The third kappa shape index (κ3) is 2.96. The molecule has 0 bridgehead atoms. The largest absolute Gasteiger partial charge is 0.409 e. The van der Waals surface area contributed by atoms with Crippen LogP contribution in [0.3, 0.4) is 0 Å². The van der Waals surface area contributed by atoms with Crippen LogP contribution in [0, 0.1) is 5.82 Å². The average molecular weight is 267 g/mol. The van der Waals surface area contributed by atoms with Gasteiger partial charge >= 0.3 is 0 Å². The Morgan fingerprint density at radius 3 is 2.68 bits per heavy atom. The lowest BCUT2D eigenvalue weighted by Crippen LogP contribution is -2.37. The van der Waals surface area contributed by atoms with E-state index in [-0.39, 0.29) is 17.8 Å². The number of halogens is 1. The molecule has 1 aliphatic rings. The summed E-state index contributed by atoms with van der Waals surface area (Å²) in [6, 6.07) is 4.60. The second kappa shape index (κ2) is 5.88. The van der Waals surface area contributed by atoms with Crippen LogP contribution in [0.5, 0.6) is 0 Å². The van der Waals surface area contributed by atoms with Crippen molar-refractivity contribution in [2.45, 2.75) is 18.9 Å². The average Bonchev–Trinajstić information content (AvgIpc) is 2.46. The molecule has 0 saturated carbocycles. The third-order valence-corrected chi connectivity index (χ3v) is 3.47. The fourth-order valence-electron chi connectivity index (χ4n) is 2.31. The quantitative estimate of drug-likeness (QED) is 0.377. The van der Waals surface area contributed by atoms with Gasteiger partial charge in [0.1, 0.15) is 5.82 Å². The van der Waals surface area contributed by atoms with Crippen LogP contribution in [0.15, 0.2) is 23.4 Å². The minimum absolute atomic E-state index is 0.0939. The molecule has 0 aliphatic carbocycles. The minimum atomic E-state index is -0.361. The molecule has 6 heteroatoms. The Hall–Kier alpha value is -1.82. The molecule has 104 valence electrons. The van der Waals surface area contributed by atoms with Crippen molar-refractivity contribution < 1.29 is 14.3 Å². The number of nitrogens with two attached hydrogens (primary N) is 1. The van der Waals surface area contributed by atoms with E-state index < -0.39 is 0 Å². The summed E-state index contributed by atoms with van der Waals surface area (Å²) in [5, 5.41) is 11.4. The molecule has 0 aromatic heterocycles. The van der Waals surface area contributed by atoms with Crippen LogP contribution in [0.4, 0.5) is 10.1 Å². The van der Waals surface area contributed by atoms with Gasteiger partial charge in [0.05, 0.1) is 11.8 Å². The van der Waals surface area contributed by atoms with Gasteiger partial charge in [-0.05, 0) is 31.0 Å². The molecular weight excluding hydrogens is 249 g/mol. The van der Waals surface area contributed by atoms with Gasteiger partial charge in [0, 0.05) is 25.8 Å². The summed E-state index contributed by atoms with van der Waals surface area (Å²) in [5.74, 6) is -0.455. The number of amidine groups is 1. The molecule has 0 radical (unpaired) electrons. The molecule has 1 fully saturated rings. The zero-order valence-corrected chi connectivity index (χ0v) is 10.8. The van der Waals surface area contributed by atoms with E-state index in [0.29, 0.717) is 11.3 Å². The number of anilines is 1. The standard InChI is InChI=1S/C13H18FN3O2/c1-19-10-4-6-17(7-5-10)12-3-2-9(8-11(12)14)13(15)16-18/h2-3,8,10,18H,4-7H2,1H3,(H2,15,16). The molecule has 3 N–H and O–H groups in total. The Kier molecular flexibility index (Phi) is 4.21. The minimum Gasteiger partial charge on any atom is -0.409 e. The smallest absolute Gasteiger partial charge is 0.170 e. The molecule has 5 nitrogen and oxygen atoms in total. The number of piperidine rings is 1. The molecule has 0 spiro atoms. The molecular formula is C13H18FN3O2. The topological polar surface area (TPSA) is 71.1 Å². The van der Waals surface area contributed by atoms with Gasteiger partial charge in [-0.1, -0.05) is 5.16 Å². The summed E-state index contributed by atoms with van der Waals surface area (Å²) >= 11 is 0. The van der Waals surface area contributed by atoms with Gasteiger partial charge in [-0.25, -0.2) is 4.39 Å². The zero-order valence-electron chi connectivity index (χ0n) is 10.8. The number of hydrogen-bond acceptors (Lipinski definition) is 4. The molecule has 0 atom stereocenters. The molecule has 1 aromatic rings. The first-order chi connectivity index (χ1) is 9.15. The lowest BCUT2D eigenvalue weighted by Gasteiger charge is -2.33. The van der Waals surface area contributed by atoms with Gasteiger partial charge in [-0.3, -0.25) is 0 Å². The van der Waals surface area contributed by atoms with Crippen molar-refractivity contribution in [2.75, 3.05) is 25.1 Å². The summed E-state index contributed by atoms with van der Waals surface area (Å²) < 4.78 is 19.3. The van der Waals surface area contributed by atoms with Gasteiger partial charge in [0.15, 0.2) is 5.84 Å². The summed E-state index contributed by atoms with van der Waals surface area (Å²) in [4.78, 5) is 1.99. The molecule has 1 heterocycles. The fraction of sp³-hybridized carbons (Fsp3) is 0.462. The predicted octanol–water partition coefficient (Wildman–Crippen LogP) is 1.54. The molecule has 0 unspecified atom stereocenters. The highest BCUT2D eigenvalue weighted by Crippen LogP contribution is 2.24. The molecule has 0 amide bonds. The van der Waals surface area contributed by atoms with Crippen LogP contribution >= 0.6 is 0 Å². The lowest BCUT2D eigenvalue weighted by molar-refractivity contribution is 0.0818. The summed E-state index contributed by atoms with van der Waals surface area (Å²) in [5.41, 5.74) is 6.35. The van der Waals surface area contributed by atoms with Crippen molar-refractivity contribution in [3.05, 3.63) is 29.6 Å². The Bertz CT molecular complexity index is 471. The molecule has 1 saturated heterocycles. The van der Waals surface area contributed by atoms with Gasteiger partial charge in [-0.15, -0.1) is 0 Å². The SMILES string of the molecule is COC1CCN(c2ccc(/C(N)=N/O)cc2F)CC1. The van der Waals surface area contributed by atoms with Gasteiger partial charge in [0.25, 0.3) is 0 Å². The number of nitrogens with zero attached hydrogens (tertiary/aromatic N) is 2. The highest BCUT2D eigenvalue weighted by atomic mass is 19.1. The second-order valence-corrected chi connectivity index (χ2v) is 4.57. The molecule has 1 aromatic carbocycles. The van der Waals surface area contributed by atoms with Crippen LogP contribution in [0.25, 0.3) is 0 Å². The lowest BCUT2D eigenvalue weighted by atomic mass is 10.1.